The molecule has 0 aliphatic carbocycles. The number of hydrogen-bond acceptors (Lipinski definition) is 7. The lowest BCUT2D eigenvalue weighted by atomic mass is 9.99. The fourth-order valence-electron chi connectivity index (χ4n) is 2.76. The van der Waals surface area contributed by atoms with Gasteiger partial charge in [-0.2, -0.15) is 25.3 Å². The van der Waals surface area contributed by atoms with Crippen molar-refractivity contribution in [1.29, 1.82) is 0 Å². The van der Waals surface area contributed by atoms with E-state index in [2.05, 4.69) is 41.2 Å². The molecule has 0 heterocycles. The first-order valence-corrected chi connectivity index (χ1v) is 11.6. The van der Waals surface area contributed by atoms with Crippen LogP contribution in [0, 0.1) is 5.92 Å². The van der Waals surface area contributed by atoms with E-state index in [1.54, 1.807) is 24.3 Å². The molecule has 32 heavy (non-hydrogen) atoms. The summed E-state index contributed by atoms with van der Waals surface area (Å²) in [6.45, 7) is 3.74. The zero-order valence-corrected chi connectivity index (χ0v) is 19.9. The van der Waals surface area contributed by atoms with E-state index in [1.807, 2.05) is 19.9 Å². The number of aliphatic carboxylic acids is 1. The van der Waals surface area contributed by atoms with Gasteiger partial charge in [-0.3, -0.25) is 14.4 Å². The summed E-state index contributed by atoms with van der Waals surface area (Å²) in [5.74, 6) is -3.24. The molecule has 0 saturated carbocycles. The summed E-state index contributed by atoms with van der Waals surface area (Å²) >= 11 is 8.08. The fraction of sp³-hybridized carbons (Fsp3) is 0.524. The molecule has 0 bridgehead atoms. The maximum absolute atomic E-state index is 12.8. The van der Waals surface area contributed by atoms with Crippen molar-refractivity contribution < 1.29 is 24.3 Å². The second kappa shape index (κ2) is 14.0. The van der Waals surface area contributed by atoms with E-state index in [9.17, 15) is 24.3 Å². The Bertz CT molecular complexity index is 781. The summed E-state index contributed by atoms with van der Waals surface area (Å²) in [5.41, 5.74) is 6.69. The number of benzene rings is 1. The summed E-state index contributed by atoms with van der Waals surface area (Å²) < 4.78 is 0. The van der Waals surface area contributed by atoms with Crippen LogP contribution in [0.5, 0.6) is 0 Å². The normalized spacial score (nSPS) is 15.5. The van der Waals surface area contributed by atoms with Gasteiger partial charge in [-0.15, -0.1) is 0 Å². The number of carboxylic acids is 1. The third-order valence-electron chi connectivity index (χ3n) is 5.09. The van der Waals surface area contributed by atoms with Gasteiger partial charge in [-0.25, -0.2) is 4.79 Å². The maximum atomic E-state index is 12.8. The van der Waals surface area contributed by atoms with Crippen LogP contribution >= 0.6 is 25.3 Å². The second-order valence-electron chi connectivity index (χ2n) is 7.49. The van der Waals surface area contributed by atoms with Crippen LogP contribution in [0.3, 0.4) is 0 Å². The smallest absolute Gasteiger partial charge is 0.327 e. The zero-order valence-electron chi connectivity index (χ0n) is 18.2. The third-order valence-corrected chi connectivity index (χ3v) is 5.82. The lowest BCUT2D eigenvalue weighted by Gasteiger charge is -2.25. The van der Waals surface area contributed by atoms with Crippen LogP contribution in [-0.2, 0) is 25.6 Å². The van der Waals surface area contributed by atoms with Crippen LogP contribution < -0.4 is 21.7 Å². The Morgan fingerprint density at radius 2 is 1.41 bits per heavy atom. The van der Waals surface area contributed by atoms with E-state index in [0.717, 1.165) is 5.56 Å². The number of carbonyl (C=O) groups excluding carboxylic acids is 3. The molecule has 5 unspecified atom stereocenters. The molecule has 1 rings (SSSR count). The maximum Gasteiger partial charge on any atom is 0.327 e. The Balaban J connectivity index is 2.97. The second-order valence-corrected chi connectivity index (χ2v) is 8.22. The topological polar surface area (TPSA) is 151 Å². The Kier molecular flexibility index (Phi) is 12.2. The van der Waals surface area contributed by atoms with Crippen molar-refractivity contribution in [1.82, 2.24) is 16.0 Å². The van der Waals surface area contributed by atoms with Crippen LogP contribution in [0.2, 0.25) is 0 Å². The van der Waals surface area contributed by atoms with Gasteiger partial charge >= 0.3 is 5.97 Å². The molecule has 5 atom stereocenters. The Hall–Kier alpha value is -2.24. The monoisotopic (exact) mass is 484 g/mol. The highest BCUT2D eigenvalue weighted by molar-refractivity contribution is 7.80. The molecule has 0 saturated heterocycles. The first-order chi connectivity index (χ1) is 15.1. The minimum atomic E-state index is -1.24. The molecule has 0 aliphatic heterocycles. The van der Waals surface area contributed by atoms with Crippen LogP contribution in [0.25, 0.3) is 0 Å². The van der Waals surface area contributed by atoms with Gasteiger partial charge in [0.25, 0.3) is 0 Å². The summed E-state index contributed by atoms with van der Waals surface area (Å²) in [6.07, 6.45) is 0.818. The van der Waals surface area contributed by atoms with Gasteiger partial charge in [0.15, 0.2) is 0 Å². The predicted octanol–water partition coefficient (Wildman–Crippen LogP) is 0.00110. The first-order valence-electron chi connectivity index (χ1n) is 10.3. The molecule has 9 nitrogen and oxygen atoms in total. The van der Waals surface area contributed by atoms with E-state index in [4.69, 9.17) is 5.73 Å². The van der Waals surface area contributed by atoms with Crippen LogP contribution in [0.1, 0.15) is 25.8 Å². The molecule has 0 aromatic heterocycles. The average Bonchev–Trinajstić information content (AvgIpc) is 2.79. The summed E-state index contributed by atoms with van der Waals surface area (Å²) in [6, 6.07) is 4.85. The lowest BCUT2D eigenvalue weighted by Crippen LogP contribution is -2.58. The van der Waals surface area contributed by atoms with Crippen LogP contribution in [-0.4, -0.2) is 64.5 Å². The molecule has 1 aromatic carbocycles. The van der Waals surface area contributed by atoms with Gasteiger partial charge < -0.3 is 26.8 Å². The zero-order chi connectivity index (χ0) is 24.3. The molecule has 3 amide bonds. The minimum absolute atomic E-state index is 0.0150. The molecule has 0 spiro atoms. The summed E-state index contributed by atoms with van der Waals surface area (Å²) in [7, 11) is 0. The average molecular weight is 485 g/mol. The van der Waals surface area contributed by atoms with Gasteiger partial charge in [0.1, 0.15) is 18.1 Å². The van der Waals surface area contributed by atoms with Gasteiger partial charge in [0.05, 0.1) is 6.04 Å². The van der Waals surface area contributed by atoms with Crippen molar-refractivity contribution in [2.75, 3.05) is 11.5 Å². The molecule has 178 valence electrons. The number of amides is 3. The van der Waals surface area contributed by atoms with Crippen molar-refractivity contribution in [3.05, 3.63) is 35.9 Å². The number of carboxylic acid groups (broad SMARTS) is 1. The lowest BCUT2D eigenvalue weighted by molar-refractivity contribution is -0.141. The SMILES string of the molecule is CCC(C)C(N)C(=O)NC(CS)C(=O)NC(Cc1ccccc1)C(=O)NC(CS)C(=O)O. The van der Waals surface area contributed by atoms with Gasteiger partial charge in [-0.1, -0.05) is 50.6 Å². The number of nitrogens with one attached hydrogen (secondary N) is 3. The Labute approximate surface area is 199 Å². The number of carbonyl (C=O) groups is 4. The molecule has 0 fully saturated rings. The van der Waals surface area contributed by atoms with Gasteiger partial charge in [-0.05, 0) is 11.5 Å². The van der Waals surface area contributed by atoms with Crippen LogP contribution in [0.15, 0.2) is 30.3 Å². The highest BCUT2D eigenvalue weighted by atomic mass is 32.1. The molecular formula is C21H32N4O5S2. The highest BCUT2D eigenvalue weighted by Crippen LogP contribution is 2.07. The van der Waals surface area contributed by atoms with Gasteiger partial charge in [0.2, 0.25) is 17.7 Å². The van der Waals surface area contributed by atoms with E-state index in [0.29, 0.717) is 6.42 Å². The van der Waals surface area contributed by atoms with Crippen molar-refractivity contribution in [3.8, 4) is 0 Å². The quantitative estimate of drug-likeness (QED) is 0.196. The standard InChI is InChI=1S/C21H32N4O5S2/c1-3-12(2)17(22)20(28)24-15(10-31)19(27)23-14(9-13-7-5-4-6-8-13)18(26)25-16(11-32)21(29)30/h4-8,12,14-17,31-32H,3,9-11,22H2,1-2H3,(H,23,27)(H,24,28)(H,25,26)(H,29,30). The van der Waals surface area contributed by atoms with Crippen molar-refractivity contribution >= 4 is 48.9 Å². The Morgan fingerprint density at radius 3 is 1.91 bits per heavy atom. The van der Waals surface area contributed by atoms with Gasteiger partial charge in [0, 0.05) is 17.9 Å². The van der Waals surface area contributed by atoms with E-state index in [-0.39, 0.29) is 23.8 Å². The van der Waals surface area contributed by atoms with Crippen molar-refractivity contribution in [2.45, 2.75) is 50.9 Å². The molecular weight excluding hydrogens is 452 g/mol. The summed E-state index contributed by atoms with van der Waals surface area (Å²) in [4.78, 5) is 49.3. The van der Waals surface area contributed by atoms with Crippen molar-refractivity contribution in [2.24, 2.45) is 11.7 Å². The summed E-state index contributed by atoms with van der Waals surface area (Å²) in [5, 5.41) is 16.7. The van der Waals surface area contributed by atoms with Crippen LogP contribution in [0.4, 0.5) is 0 Å². The molecule has 0 radical (unpaired) electrons. The molecule has 0 aliphatic rings. The number of nitrogens with two attached hydrogens (primary N) is 1. The van der Waals surface area contributed by atoms with Crippen molar-refractivity contribution in [3.63, 3.8) is 0 Å². The Morgan fingerprint density at radius 1 is 0.906 bits per heavy atom. The number of thiol groups is 2. The van der Waals surface area contributed by atoms with E-state index in [1.165, 1.54) is 0 Å². The predicted molar refractivity (Wildman–Crippen MR) is 129 cm³/mol. The minimum Gasteiger partial charge on any atom is -0.480 e. The highest BCUT2D eigenvalue weighted by Gasteiger charge is 2.30. The third kappa shape index (κ3) is 8.71. The fourth-order valence-corrected chi connectivity index (χ4v) is 3.27. The molecule has 11 heteroatoms. The molecule has 1 aromatic rings. The number of rotatable bonds is 13. The molecule has 6 N–H and O–H groups in total. The number of hydrogen-bond donors (Lipinski definition) is 7. The van der Waals surface area contributed by atoms with E-state index >= 15 is 0 Å². The largest absolute Gasteiger partial charge is 0.480 e. The van der Waals surface area contributed by atoms with E-state index < -0.39 is 47.9 Å². The first kappa shape index (κ1) is 27.8.